The topological polar surface area (TPSA) is 50.2 Å². The van der Waals surface area contributed by atoms with Gasteiger partial charge in [0.25, 0.3) is 0 Å². The van der Waals surface area contributed by atoms with E-state index in [0.717, 1.165) is 16.1 Å². The molecule has 1 aromatic rings. The molecule has 0 amide bonds. The second-order valence-electron chi connectivity index (χ2n) is 2.12. The first-order chi connectivity index (χ1) is 5.68. The van der Waals surface area contributed by atoms with E-state index in [4.69, 9.17) is 5.11 Å². The Morgan fingerprint density at radius 1 is 1.58 bits per heavy atom. The first-order valence-electron chi connectivity index (χ1n) is 3.24. The molecule has 0 saturated carbocycles. The summed E-state index contributed by atoms with van der Waals surface area (Å²) in [4.78, 5) is 14.1. The third kappa shape index (κ3) is 2.89. The molecule has 0 spiro atoms. The number of carbonyl (C=O) groups is 1. The van der Waals surface area contributed by atoms with Gasteiger partial charge >= 0.3 is 78.2 Å². The van der Waals surface area contributed by atoms with Crippen molar-refractivity contribution < 1.29 is 9.90 Å². The van der Waals surface area contributed by atoms with E-state index >= 15 is 0 Å². The summed E-state index contributed by atoms with van der Waals surface area (Å²) in [6.45, 7) is 0. The molecule has 0 fully saturated rings. The van der Waals surface area contributed by atoms with Crippen molar-refractivity contribution in [1.82, 2.24) is 4.98 Å². The fourth-order valence-corrected chi connectivity index (χ4v) is 0.941. The molecule has 0 atom stereocenters. The number of nitrogens with zero attached hydrogens (tertiary/aromatic N) is 1. The van der Waals surface area contributed by atoms with Gasteiger partial charge in [0.2, 0.25) is 0 Å². The number of aromatic nitrogens is 1. The fraction of sp³-hybridized carbons (Fsp3) is 0. The molecule has 0 saturated heterocycles. The SMILES string of the molecule is O=C(O)/C=C/c1ccc([As])nc1. The Hall–Kier alpha value is -1.08. The van der Waals surface area contributed by atoms with E-state index in [1.165, 1.54) is 6.08 Å². The molecule has 1 N–H and O–H groups in total. The van der Waals surface area contributed by atoms with E-state index < -0.39 is 5.97 Å². The van der Waals surface area contributed by atoms with Crippen molar-refractivity contribution >= 4 is 33.4 Å². The van der Waals surface area contributed by atoms with Crippen molar-refractivity contribution in [2.45, 2.75) is 0 Å². The first kappa shape index (κ1) is 9.01. The zero-order chi connectivity index (χ0) is 8.97. The molecule has 1 aromatic heterocycles. The average Bonchev–Trinajstić information content (AvgIpc) is 2.03. The number of carboxylic acid groups (broad SMARTS) is 1. The molecule has 0 bridgehead atoms. The molecule has 0 unspecified atom stereocenters. The van der Waals surface area contributed by atoms with Crippen molar-refractivity contribution in [3.63, 3.8) is 0 Å². The summed E-state index contributed by atoms with van der Waals surface area (Å²) in [5.74, 6) is -0.952. The summed E-state index contributed by atoms with van der Waals surface area (Å²) >= 11 is 2.31. The second kappa shape index (κ2) is 4.07. The van der Waals surface area contributed by atoms with Gasteiger partial charge < -0.3 is 0 Å². The summed E-state index contributed by atoms with van der Waals surface area (Å²) < 4.78 is 0.856. The molecular weight excluding hydrogens is 217 g/mol. The van der Waals surface area contributed by atoms with Crippen LogP contribution >= 0.6 is 0 Å². The predicted octanol–water partition coefficient (Wildman–Crippen LogP) is -0.0268. The molecule has 60 valence electrons. The molecule has 0 aromatic carbocycles. The van der Waals surface area contributed by atoms with E-state index in [-0.39, 0.29) is 0 Å². The molecular formula is C8H6AsNO2. The number of rotatable bonds is 2. The van der Waals surface area contributed by atoms with Crippen LogP contribution in [0.2, 0.25) is 0 Å². The molecule has 1 heterocycles. The summed E-state index contributed by atoms with van der Waals surface area (Å²) in [6.07, 6.45) is 4.20. The Bertz CT molecular complexity index is 305. The van der Waals surface area contributed by atoms with Crippen LogP contribution < -0.4 is 4.48 Å². The maximum atomic E-state index is 10.1. The number of aliphatic carboxylic acids is 1. The van der Waals surface area contributed by atoms with Crippen molar-refractivity contribution in [3.05, 3.63) is 30.0 Å². The number of pyridine rings is 1. The summed E-state index contributed by atoms with van der Waals surface area (Å²) in [5.41, 5.74) is 0.784. The molecule has 0 aliphatic heterocycles. The third-order valence-corrected chi connectivity index (χ3v) is 1.74. The van der Waals surface area contributed by atoms with E-state index in [0.29, 0.717) is 0 Å². The van der Waals surface area contributed by atoms with Gasteiger partial charge in [0.15, 0.2) is 0 Å². The van der Waals surface area contributed by atoms with Crippen LogP contribution in [0.15, 0.2) is 24.4 Å². The Kier molecular flexibility index (Phi) is 3.06. The molecule has 0 aliphatic carbocycles. The van der Waals surface area contributed by atoms with E-state index in [2.05, 4.69) is 21.8 Å². The minimum atomic E-state index is -0.952. The summed E-state index contributed by atoms with van der Waals surface area (Å²) in [5, 5.41) is 8.32. The Morgan fingerprint density at radius 3 is 2.83 bits per heavy atom. The van der Waals surface area contributed by atoms with Crippen LogP contribution in [0.25, 0.3) is 6.08 Å². The van der Waals surface area contributed by atoms with Gasteiger partial charge in [-0.25, -0.2) is 0 Å². The Labute approximate surface area is 78.6 Å². The summed E-state index contributed by atoms with van der Waals surface area (Å²) in [6, 6.07) is 3.61. The van der Waals surface area contributed by atoms with Crippen LogP contribution in [-0.2, 0) is 4.79 Å². The Balaban J connectivity index is 2.77. The first-order valence-corrected chi connectivity index (χ1v) is 4.18. The van der Waals surface area contributed by atoms with Crippen LogP contribution in [0.5, 0.6) is 0 Å². The van der Waals surface area contributed by atoms with Gasteiger partial charge in [0, 0.05) is 0 Å². The molecule has 0 aliphatic rings. The van der Waals surface area contributed by atoms with Gasteiger partial charge in [-0.15, -0.1) is 0 Å². The fourth-order valence-electron chi connectivity index (χ4n) is 0.664. The van der Waals surface area contributed by atoms with Crippen molar-refractivity contribution in [1.29, 1.82) is 0 Å². The molecule has 12 heavy (non-hydrogen) atoms. The average molecular weight is 223 g/mol. The zero-order valence-electron chi connectivity index (χ0n) is 6.14. The second-order valence-corrected chi connectivity index (χ2v) is 3.08. The van der Waals surface area contributed by atoms with Gasteiger partial charge in [-0.1, -0.05) is 0 Å². The number of hydrogen-bond acceptors (Lipinski definition) is 2. The minimum absolute atomic E-state index is 0.784. The maximum absolute atomic E-state index is 10.1. The van der Waals surface area contributed by atoms with Crippen molar-refractivity contribution in [2.75, 3.05) is 0 Å². The van der Waals surface area contributed by atoms with Crippen LogP contribution in [0.3, 0.4) is 0 Å². The van der Waals surface area contributed by atoms with Crippen LogP contribution in [-0.4, -0.2) is 32.9 Å². The number of hydrogen-bond donors (Lipinski definition) is 1. The van der Waals surface area contributed by atoms with Crippen molar-refractivity contribution in [2.24, 2.45) is 0 Å². The molecule has 2 radical (unpaired) electrons. The molecule has 1 rings (SSSR count). The van der Waals surface area contributed by atoms with E-state index in [1.54, 1.807) is 12.3 Å². The monoisotopic (exact) mass is 223 g/mol. The third-order valence-electron chi connectivity index (χ3n) is 1.19. The van der Waals surface area contributed by atoms with Crippen LogP contribution in [0.1, 0.15) is 5.56 Å². The van der Waals surface area contributed by atoms with E-state index in [1.807, 2.05) is 6.07 Å². The van der Waals surface area contributed by atoms with Gasteiger partial charge in [-0.05, 0) is 0 Å². The van der Waals surface area contributed by atoms with E-state index in [9.17, 15) is 4.79 Å². The molecule has 3 nitrogen and oxygen atoms in total. The predicted molar refractivity (Wildman–Crippen MR) is 46.3 cm³/mol. The van der Waals surface area contributed by atoms with Gasteiger partial charge in [0.1, 0.15) is 0 Å². The number of carboxylic acids is 1. The Morgan fingerprint density at radius 2 is 2.33 bits per heavy atom. The molecule has 4 heteroatoms. The summed E-state index contributed by atoms with van der Waals surface area (Å²) in [7, 11) is 0. The standard InChI is InChI=1S/C8H6AsNO2/c9-7-3-1-6(5-10-7)2-4-8(11)12/h1-5H,(H,11,12)/b4-2+. The van der Waals surface area contributed by atoms with Crippen LogP contribution in [0, 0.1) is 0 Å². The zero-order valence-corrected chi connectivity index (χ0v) is 8.01. The van der Waals surface area contributed by atoms with Gasteiger partial charge in [0.05, 0.1) is 0 Å². The van der Waals surface area contributed by atoms with Crippen LogP contribution in [0.4, 0.5) is 0 Å². The van der Waals surface area contributed by atoms with Gasteiger partial charge in [-0.3, -0.25) is 0 Å². The normalized spacial score (nSPS) is 10.4. The van der Waals surface area contributed by atoms with Gasteiger partial charge in [-0.2, -0.15) is 0 Å². The van der Waals surface area contributed by atoms with Crippen molar-refractivity contribution in [3.8, 4) is 0 Å². The quantitative estimate of drug-likeness (QED) is 0.566.